The summed E-state index contributed by atoms with van der Waals surface area (Å²) < 4.78 is 8.37. The van der Waals surface area contributed by atoms with Crippen LogP contribution in [0.4, 0.5) is 5.13 Å². The number of morpholine rings is 1. The maximum Gasteiger partial charge on any atom is 0.298 e. The molecule has 0 bridgehead atoms. The number of amides is 1. The lowest BCUT2D eigenvalue weighted by atomic mass is 10.2. The lowest BCUT2D eigenvalue weighted by Crippen LogP contribution is -2.43. The van der Waals surface area contributed by atoms with E-state index < -0.39 is 0 Å². The van der Waals surface area contributed by atoms with Gasteiger partial charge in [-0.2, -0.15) is 0 Å². The van der Waals surface area contributed by atoms with E-state index in [1.54, 1.807) is 4.90 Å². The Morgan fingerprint density at radius 2 is 2.10 bits per heavy atom. The highest BCUT2D eigenvalue weighted by atomic mass is 35.5. The van der Waals surface area contributed by atoms with Gasteiger partial charge in [-0.3, -0.25) is 14.6 Å². The number of benzene rings is 1. The van der Waals surface area contributed by atoms with Crippen molar-refractivity contribution in [3.05, 3.63) is 34.4 Å². The molecule has 0 unspecified atom stereocenters. The minimum Gasteiger partial charge on any atom is -0.379 e. The molecule has 30 heavy (non-hydrogen) atoms. The summed E-state index contributed by atoms with van der Waals surface area (Å²) in [4.78, 5) is 22.4. The highest BCUT2D eigenvalue weighted by molar-refractivity contribution is 7.22. The van der Waals surface area contributed by atoms with Crippen molar-refractivity contribution < 1.29 is 9.53 Å². The van der Waals surface area contributed by atoms with E-state index in [0.717, 1.165) is 73.8 Å². The molecule has 158 valence electrons. The van der Waals surface area contributed by atoms with Crippen LogP contribution in [0.1, 0.15) is 28.4 Å². The number of nitrogens with zero attached hydrogens (tertiary/aromatic N) is 6. The number of carbonyl (C=O) groups is 1. The molecule has 10 heteroatoms. The van der Waals surface area contributed by atoms with Gasteiger partial charge in [-0.1, -0.05) is 22.9 Å². The van der Waals surface area contributed by atoms with Crippen LogP contribution in [-0.4, -0.2) is 69.9 Å². The summed E-state index contributed by atoms with van der Waals surface area (Å²) in [5, 5.41) is 9.77. The van der Waals surface area contributed by atoms with E-state index >= 15 is 0 Å². The molecule has 3 aromatic rings. The maximum atomic E-state index is 13.6. The Hall–Kier alpha value is -2.07. The fourth-order valence-corrected chi connectivity index (χ4v) is 5.48. The number of carbonyl (C=O) groups excluding carboxylic acids is 1. The molecule has 1 amide bonds. The molecule has 0 aliphatic carbocycles. The molecule has 2 aliphatic heterocycles. The number of thiazole rings is 1. The Balaban J connectivity index is 1.48. The van der Waals surface area contributed by atoms with Gasteiger partial charge in [0.05, 0.1) is 23.4 Å². The molecule has 4 heterocycles. The third kappa shape index (κ3) is 3.71. The van der Waals surface area contributed by atoms with E-state index in [2.05, 4.69) is 15.1 Å². The van der Waals surface area contributed by atoms with Gasteiger partial charge in [0.1, 0.15) is 5.82 Å². The topological polar surface area (TPSA) is 76.4 Å². The van der Waals surface area contributed by atoms with Crippen LogP contribution in [0.25, 0.3) is 10.2 Å². The van der Waals surface area contributed by atoms with Crippen molar-refractivity contribution in [1.29, 1.82) is 0 Å². The molecule has 0 saturated carbocycles. The Morgan fingerprint density at radius 3 is 2.93 bits per heavy atom. The van der Waals surface area contributed by atoms with Crippen molar-refractivity contribution in [2.24, 2.45) is 0 Å². The predicted octanol–water partition coefficient (Wildman–Crippen LogP) is 2.77. The number of anilines is 1. The second-order valence-corrected chi connectivity index (χ2v) is 9.12. The Kier molecular flexibility index (Phi) is 5.44. The Morgan fingerprint density at radius 1 is 1.27 bits per heavy atom. The smallest absolute Gasteiger partial charge is 0.298 e. The van der Waals surface area contributed by atoms with Crippen LogP contribution in [0.5, 0.6) is 0 Å². The van der Waals surface area contributed by atoms with Crippen LogP contribution in [0.3, 0.4) is 0 Å². The van der Waals surface area contributed by atoms with Gasteiger partial charge in [-0.05, 0) is 31.0 Å². The number of aryl methyl sites for hydroxylation is 2. The van der Waals surface area contributed by atoms with Gasteiger partial charge < -0.3 is 9.30 Å². The molecular weight excluding hydrogens is 424 g/mol. The van der Waals surface area contributed by atoms with E-state index in [-0.39, 0.29) is 5.91 Å². The van der Waals surface area contributed by atoms with Gasteiger partial charge in [0.15, 0.2) is 5.13 Å². The number of hydrogen-bond donors (Lipinski definition) is 0. The van der Waals surface area contributed by atoms with Crippen molar-refractivity contribution in [2.75, 3.05) is 44.3 Å². The quantitative estimate of drug-likeness (QED) is 0.599. The molecule has 5 rings (SSSR count). The summed E-state index contributed by atoms with van der Waals surface area (Å²) in [5.74, 6) is 1.14. The first-order valence-corrected chi connectivity index (χ1v) is 11.4. The van der Waals surface area contributed by atoms with Gasteiger partial charge in [0.25, 0.3) is 5.91 Å². The summed E-state index contributed by atoms with van der Waals surface area (Å²) in [6, 6.07) is 3.81. The number of ether oxygens (including phenoxy) is 1. The van der Waals surface area contributed by atoms with Gasteiger partial charge in [-0.15, -0.1) is 10.2 Å². The molecule has 2 aliphatic rings. The zero-order valence-electron chi connectivity index (χ0n) is 16.8. The van der Waals surface area contributed by atoms with Crippen LogP contribution in [0, 0.1) is 6.92 Å². The molecule has 0 spiro atoms. The highest BCUT2D eigenvalue weighted by Gasteiger charge is 2.29. The highest BCUT2D eigenvalue weighted by Crippen LogP contribution is 2.33. The summed E-state index contributed by atoms with van der Waals surface area (Å²) >= 11 is 7.73. The summed E-state index contributed by atoms with van der Waals surface area (Å²) in [5.41, 5.74) is 1.89. The van der Waals surface area contributed by atoms with Crippen molar-refractivity contribution in [1.82, 2.24) is 24.6 Å². The van der Waals surface area contributed by atoms with Crippen molar-refractivity contribution in [2.45, 2.75) is 26.3 Å². The number of rotatable bonds is 5. The fraction of sp³-hybridized carbons (Fsp3) is 0.500. The largest absolute Gasteiger partial charge is 0.379 e. The SMILES string of the molecule is Cc1cc(Cl)cc2sc(N(CCN3CCOCC3)C(=O)c3nnc4n3CCC4)nc12. The second-order valence-electron chi connectivity index (χ2n) is 7.67. The fourth-order valence-electron chi connectivity index (χ4n) is 4.04. The normalized spacial score (nSPS) is 16.9. The van der Waals surface area contributed by atoms with Crippen LogP contribution in [0.2, 0.25) is 5.02 Å². The average Bonchev–Trinajstić information content (AvgIpc) is 3.44. The van der Waals surface area contributed by atoms with Crippen molar-refractivity contribution in [3.8, 4) is 0 Å². The zero-order valence-corrected chi connectivity index (χ0v) is 18.4. The second kappa shape index (κ2) is 8.22. The summed E-state index contributed by atoms with van der Waals surface area (Å²) in [6.07, 6.45) is 1.87. The Bertz CT molecular complexity index is 1090. The van der Waals surface area contributed by atoms with E-state index in [1.807, 2.05) is 23.6 Å². The molecule has 1 saturated heterocycles. The standard InChI is InChI=1S/C20H23ClN6O2S/c1-13-11-14(21)12-15-17(13)22-20(30-15)27(6-5-25-7-9-29-10-8-25)19(28)18-24-23-16-3-2-4-26(16)18/h11-12H,2-10H2,1H3. The van der Waals surface area contributed by atoms with E-state index in [1.165, 1.54) is 11.3 Å². The van der Waals surface area contributed by atoms with Crippen molar-refractivity contribution in [3.63, 3.8) is 0 Å². The molecule has 0 N–H and O–H groups in total. The monoisotopic (exact) mass is 446 g/mol. The van der Waals surface area contributed by atoms with Gasteiger partial charge in [0, 0.05) is 44.2 Å². The molecule has 1 aromatic carbocycles. The van der Waals surface area contributed by atoms with E-state index in [0.29, 0.717) is 22.5 Å². The summed E-state index contributed by atoms with van der Waals surface area (Å²) in [6.45, 7) is 7.26. The van der Waals surface area contributed by atoms with Crippen LogP contribution >= 0.6 is 22.9 Å². The van der Waals surface area contributed by atoms with Gasteiger partial charge in [-0.25, -0.2) is 4.98 Å². The summed E-state index contributed by atoms with van der Waals surface area (Å²) in [7, 11) is 0. The van der Waals surface area contributed by atoms with Crippen LogP contribution in [0.15, 0.2) is 12.1 Å². The van der Waals surface area contributed by atoms with E-state index in [4.69, 9.17) is 21.3 Å². The Labute approximate surface area is 183 Å². The predicted molar refractivity (Wildman–Crippen MR) is 117 cm³/mol. The first kappa shape index (κ1) is 19.9. The molecule has 2 aromatic heterocycles. The molecule has 0 atom stereocenters. The lowest BCUT2D eigenvalue weighted by Gasteiger charge is -2.29. The van der Waals surface area contributed by atoms with Crippen LogP contribution < -0.4 is 4.90 Å². The molecular formula is C20H23ClN6O2S. The number of fused-ring (bicyclic) bond motifs is 2. The van der Waals surface area contributed by atoms with Crippen molar-refractivity contribution >= 4 is 44.2 Å². The minimum atomic E-state index is -0.147. The number of aromatic nitrogens is 4. The van der Waals surface area contributed by atoms with Crippen LogP contribution in [-0.2, 0) is 17.7 Å². The first-order valence-electron chi connectivity index (χ1n) is 10.2. The third-order valence-electron chi connectivity index (χ3n) is 5.66. The molecule has 0 radical (unpaired) electrons. The third-order valence-corrected chi connectivity index (χ3v) is 6.90. The number of hydrogen-bond acceptors (Lipinski definition) is 7. The van der Waals surface area contributed by atoms with Gasteiger partial charge >= 0.3 is 0 Å². The minimum absolute atomic E-state index is 0.147. The molecule has 8 nitrogen and oxygen atoms in total. The average molecular weight is 447 g/mol. The zero-order chi connectivity index (χ0) is 20.7. The van der Waals surface area contributed by atoms with Gasteiger partial charge in [0.2, 0.25) is 5.82 Å². The first-order chi connectivity index (χ1) is 14.6. The van der Waals surface area contributed by atoms with E-state index in [9.17, 15) is 4.79 Å². The maximum absolute atomic E-state index is 13.6. The lowest BCUT2D eigenvalue weighted by molar-refractivity contribution is 0.0390. The number of halogens is 1. The molecule has 1 fully saturated rings.